The van der Waals surface area contributed by atoms with Gasteiger partial charge < -0.3 is 0 Å². The van der Waals surface area contributed by atoms with Gasteiger partial charge in [-0.3, -0.25) is 14.7 Å². The molecule has 0 saturated carbocycles. The molecule has 1 aromatic heterocycles. The van der Waals surface area contributed by atoms with Gasteiger partial charge in [-0.25, -0.2) is 4.99 Å². The molecule has 17 heavy (non-hydrogen) atoms. The number of nitrogens with zero attached hydrogens (tertiary/aromatic N) is 2. The number of nitrogens with one attached hydrogen (secondary N) is 1. The third-order valence-corrected chi connectivity index (χ3v) is 2.57. The number of rotatable bonds is 2. The second-order valence-corrected chi connectivity index (χ2v) is 3.60. The number of Topliss-reactive ketones (excluding diaryl/α,β-unsaturated/α-hetero) is 1. The minimum absolute atomic E-state index is 0.0905. The fraction of sp³-hybridized carbons (Fsp3) is 0. The number of benzene rings is 1. The summed E-state index contributed by atoms with van der Waals surface area (Å²) in [5, 5.41) is 7.44. The summed E-state index contributed by atoms with van der Waals surface area (Å²) in [7, 11) is 0. The number of amides is 1. The molecule has 0 fully saturated rings. The van der Waals surface area contributed by atoms with Gasteiger partial charge >= 0.3 is 0 Å². The third-order valence-electron chi connectivity index (χ3n) is 2.57. The number of carbonyl (C=O) groups is 2. The number of ketones is 1. The molecule has 5 heteroatoms. The number of H-pyrrole nitrogens is 1. The van der Waals surface area contributed by atoms with Crippen molar-refractivity contribution in [2.45, 2.75) is 0 Å². The van der Waals surface area contributed by atoms with Crippen LogP contribution >= 0.6 is 0 Å². The van der Waals surface area contributed by atoms with E-state index >= 15 is 0 Å². The second kappa shape index (κ2) is 3.48. The fourth-order valence-electron chi connectivity index (χ4n) is 1.80. The van der Waals surface area contributed by atoms with Crippen molar-refractivity contribution in [3.05, 3.63) is 52.8 Å². The normalized spacial score (nSPS) is 13.4. The number of aromatic nitrogens is 2. The lowest BCUT2D eigenvalue weighted by Crippen LogP contribution is -2.25. The minimum Gasteiger partial charge on any atom is -0.287 e. The zero-order valence-corrected chi connectivity index (χ0v) is 8.68. The molecular weight excluding hydrogens is 218 g/mol. The second-order valence-electron chi connectivity index (χ2n) is 3.60. The van der Waals surface area contributed by atoms with E-state index in [1.165, 1.54) is 12.3 Å². The molecule has 0 unspecified atom stereocenters. The number of aromatic amines is 1. The zero-order chi connectivity index (χ0) is 11.8. The summed E-state index contributed by atoms with van der Waals surface area (Å²) in [5.41, 5.74) is 0.313. The number of hydrogen-bond donors (Lipinski definition) is 1. The van der Waals surface area contributed by atoms with Gasteiger partial charge in [0.2, 0.25) is 5.78 Å². The highest BCUT2D eigenvalue weighted by Crippen LogP contribution is 2.08. The van der Waals surface area contributed by atoms with Crippen molar-refractivity contribution in [1.82, 2.24) is 10.2 Å². The summed E-state index contributed by atoms with van der Waals surface area (Å²) < 4.78 is 0. The standard InChI is InChI=1S/C12H7N3O2/c16-11(9-5-6-13-15-9)10-7-3-1-2-4-8(7)14-12(10)17/h1-6H,(H,13,15). The van der Waals surface area contributed by atoms with Crippen molar-refractivity contribution in [3.8, 4) is 0 Å². The smallest absolute Gasteiger partial charge is 0.282 e. The molecule has 1 aliphatic heterocycles. The van der Waals surface area contributed by atoms with E-state index in [0.29, 0.717) is 10.6 Å². The highest BCUT2D eigenvalue weighted by atomic mass is 16.2. The third kappa shape index (κ3) is 1.40. The molecule has 2 aromatic rings. The molecule has 3 rings (SSSR count). The highest BCUT2D eigenvalue weighted by molar-refractivity contribution is 6.45. The first-order valence-corrected chi connectivity index (χ1v) is 5.04. The highest BCUT2D eigenvalue weighted by Gasteiger charge is 2.25. The Labute approximate surface area is 95.5 Å². The van der Waals surface area contributed by atoms with Crippen LogP contribution in [-0.4, -0.2) is 21.9 Å². The molecule has 5 nitrogen and oxygen atoms in total. The molecule has 1 N–H and O–H groups in total. The maximum atomic E-state index is 12.1. The lowest BCUT2D eigenvalue weighted by molar-refractivity contribution is -0.112. The zero-order valence-electron chi connectivity index (χ0n) is 8.68. The number of fused-ring (bicyclic) bond motifs is 1. The van der Waals surface area contributed by atoms with Gasteiger partial charge in [0.05, 0.1) is 5.36 Å². The average Bonchev–Trinajstić information content (AvgIpc) is 2.94. The predicted molar refractivity (Wildman–Crippen MR) is 58.6 cm³/mol. The first-order valence-electron chi connectivity index (χ1n) is 5.04. The van der Waals surface area contributed by atoms with Gasteiger partial charge in [0.1, 0.15) is 11.3 Å². The lowest BCUT2D eigenvalue weighted by atomic mass is 10.1. The molecular formula is C12H7N3O2. The van der Waals surface area contributed by atoms with Crippen LogP contribution < -0.4 is 10.6 Å². The summed E-state index contributed by atoms with van der Waals surface area (Å²) in [6.45, 7) is 0. The Balaban J connectivity index is 2.27. The van der Waals surface area contributed by atoms with Crippen LogP contribution in [0.3, 0.4) is 0 Å². The molecule has 82 valence electrons. The van der Waals surface area contributed by atoms with Crippen LogP contribution in [0.2, 0.25) is 0 Å². The van der Waals surface area contributed by atoms with Crippen molar-refractivity contribution >= 4 is 17.3 Å². The average molecular weight is 225 g/mol. The molecule has 0 radical (unpaired) electrons. The molecule has 0 atom stereocenters. The first-order chi connectivity index (χ1) is 8.27. The lowest BCUT2D eigenvalue weighted by Gasteiger charge is -1.94. The van der Waals surface area contributed by atoms with Gasteiger partial charge in [0.25, 0.3) is 5.91 Å². The molecule has 0 bridgehead atoms. The summed E-state index contributed by atoms with van der Waals surface area (Å²) >= 11 is 0. The minimum atomic E-state index is -0.501. The van der Waals surface area contributed by atoms with Gasteiger partial charge in [-0.2, -0.15) is 5.10 Å². The molecule has 0 saturated heterocycles. The van der Waals surface area contributed by atoms with Crippen molar-refractivity contribution in [2.75, 3.05) is 0 Å². The Kier molecular flexibility index (Phi) is 1.98. The van der Waals surface area contributed by atoms with E-state index in [0.717, 1.165) is 0 Å². The number of para-hydroxylation sites is 1. The number of hydrogen-bond acceptors (Lipinski definition) is 3. The van der Waals surface area contributed by atoms with Crippen molar-refractivity contribution in [2.24, 2.45) is 4.99 Å². The Morgan fingerprint density at radius 3 is 2.76 bits per heavy atom. The Morgan fingerprint density at radius 2 is 2.00 bits per heavy atom. The van der Waals surface area contributed by atoms with Crippen LogP contribution in [0.25, 0.3) is 5.57 Å². The van der Waals surface area contributed by atoms with E-state index in [1.54, 1.807) is 24.3 Å². The molecule has 2 heterocycles. The largest absolute Gasteiger partial charge is 0.287 e. The van der Waals surface area contributed by atoms with Gasteiger partial charge in [0.15, 0.2) is 0 Å². The topological polar surface area (TPSA) is 75.2 Å². The van der Waals surface area contributed by atoms with Crippen LogP contribution in [0.4, 0.5) is 0 Å². The summed E-state index contributed by atoms with van der Waals surface area (Å²) in [6.07, 6.45) is 1.54. The van der Waals surface area contributed by atoms with E-state index in [1.807, 2.05) is 0 Å². The maximum Gasteiger partial charge on any atom is 0.282 e. The Bertz CT molecular complexity index is 729. The summed E-state index contributed by atoms with van der Waals surface area (Å²) in [6, 6.07) is 8.49. The van der Waals surface area contributed by atoms with Crippen LogP contribution in [-0.2, 0) is 4.79 Å². The van der Waals surface area contributed by atoms with E-state index in [2.05, 4.69) is 15.2 Å². The first kappa shape index (κ1) is 9.65. The monoisotopic (exact) mass is 225 g/mol. The van der Waals surface area contributed by atoms with Crippen molar-refractivity contribution in [1.29, 1.82) is 0 Å². The Morgan fingerprint density at radius 1 is 1.18 bits per heavy atom. The SMILES string of the molecule is O=C1N=c2ccccc2=C1C(=O)c1cc[nH]n1. The van der Waals surface area contributed by atoms with Crippen LogP contribution in [0.5, 0.6) is 0 Å². The van der Waals surface area contributed by atoms with Gasteiger partial charge in [-0.1, -0.05) is 18.2 Å². The fourth-order valence-corrected chi connectivity index (χ4v) is 1.80. The van der Waals surface area contributed by atoms with E-state index in [9.17, 15) is 9.59 Å². The quantitative estimate of drug-likeness (QED) is 0.707. The molecule has 1 aliphatic rings. The summed E-state index contributed by atoms with van der Waals surface area (Å²) in [5.74, 6) is -0.899. The van der Waals surface area contributed by atoms with E-state index in [4.69, 9.17) is 0 Å². The van der Waals surface area contributed by atoms with Gasteiger partial charge in [-0.05, 0) is 12.1 Å². The molecule has 1 aromatic carbocycles. The van der Waals surface area contributed by atoms with Crippen molar-refractivity contribution in [3.63, 3.8) is 0 Å². The van der Waals surface area contributed by atoms with Crippen LogP contribution in [0, 0.1) is 0 Å². The van der Waals surface area contributed by atoms with Crippen molar-refractivity contribution < 1.29 is 9.59 Å². The van der Waals surface area contributed by atoms with E-state index in [-0.39, 0.29) is 11.3 Å². The van der Waals surface area contributed by atoms with Crippen LogP contribution in [0.15, 0.2) is 41.5 Å². The van der Waals surface area contributed by atoms with E-state index < -0.39 is 11.7 Å². The molecule has 1 amide bonds. The maximum absolute atomic E-state index is 12.1. The molecule has 0 spiro atoms. The summed E-state index contributed by atoms with van der Waals surface area (Å²) in [4.78, 5) is 27.6. The number of carbonyl (C=O) groups excluding carboxylic acids is 2. The predicted octanol–water partition coefficient (Wildman–Crippen LogP) is -0.397. The van der Waals surface area contributed by atoms with Gasteiger partial charge in [0, 0.05) is 11.4 Å². The Hall–Kier alpha value is -2.56. The molecule has 0 aliphatic carbocycles. The van der Waals surface area contributed by atoms with Crippen LogP contribution in [0.1, 0.15) is 10.5 Å². The van der Waals surface area contributed by atoms with Gasteiger partial charge in [-0.15, -0.1) is 0 Å².